The van der Waals surface area contributed by atoms with Gasteiger partial charge in [-0.15, -0.1) is 0 Å². The second kappa shape index (κ2) is 14.2. The number of hydrogen-bond donors (Lipinski definition) is 0. The first-order valence-corrected chi connectivity index (χ1v) is 20.9. The highest BCUT2D eigenvalue weighted by atomic mass is 14.3. The molecule has 0 atom stereocenters. The Morgan fingerprint density at radius 1 is 0.298 bits per heavy atom. The molecule has 0 fully saturated rings. The molecule has 0 nitrogen and oxygen atoms in total. The molecule has 0 saturated heterocycles. The third kappa shape index (κ3) is 6.20. The van der Waals surface area contributed by atoms with Crippen molar-refractivity contribution < 1.29 is 0 Å². The molecule has 8 aromatic rings. The van der Waals surface area contributed by atoms with Gasteiger partial charge in [0.25, 0.3) is 0 Å². The minimum Gasteiger partial charge on any atom is -0.0616 e. The molecule has 0 amide bonds. The minimum atomic E-state index is 0.385. The van der Waals surface area contributed by atoms with Crippen LogP contribution in [0.1, 0.15) is 92.1 Å². The van der Waals surface area contributed by atoms with E-state index in [-0.39, 0.29) is 0 Å². The lowest BCUT2D eigenvalue weighted by Crippen LogP contribution is -2.03. The van der Waals surface area contributed by atoms with Crippen LogP contribution in [-0.2, 0) is 0 Å². The zero-order chi connectivity index (χ0) is 40.8. The summed E-state index contributed by atoms with van der Waals surface area (Å²) in [4.78, 5) is 0. The molecule has 0 radical (unpaired) electrons. The maximum Gasteiger partial charge on any atom is -0.0000982 e. The quantitative estimate of drug-likeness (QED) is 0.154. The Labute approximate surface area is 341 Å². The van der Waals surface area contributed by atoms with Gasteiger partial charge in [0.15, 0.2) is 0 Å². The summed E-state index contributed by atoms with van der Waals surface area (Å²) in [6.45, 7) is 32.2. The van der Waals surface area contributed by atoms with Crippen molar-refractivity contribution in [3.05, 3.63) is 163 Å². The van der Waals surface area contributed by atoms with E-state index in [0.717, 1.165) is 0 Å². The third-order valence-electron chi connectivity index (χ3n) is 12.9. The van der Waals surface area contributed by atoms with E-state index in [1.54, 1.807) is 0 Å². The summed E-state index contributed by atoms with van der Waals surface area (Å²) in [7, 11) is 0. The Balaban J connectivity index is 1.86. The lowest BCUT2D eigenvalue weighted by atomic mass is 9.74. The normalized spacial score (nSPS) is 11.8. The lowest BCUT2D eigenvalue weighted by molar-refractivity contribution is 0.869. The minimum absolute atomic E-state index is 0.385. The van der Waals surface area contributed by atoms with Crippen LogP contribution in [0.5, 0.6) is 0 Å². The van der Waals surface area contributed by atoms with E-state index in [2.05, 4.69) is 188 Å². The SMILES string of the molecule is Cc1cc(C)c(-c2c3ccccc3c(-c3c(C)cc(C)cc3C)c3c(-c4c(C)cc(C)cc4C)c4ccc(C(C)C)cc4c(-c4cc(C)c(C)cc4C)c23)c(C)c1. The highest BCUT2D eigenvalue weighted by Gasteiger charge is 2.30. The zero-order valence-electron chi connectivity index (χ0n) is 36.7. The Kier molecular flexibility index (Phi) is 9.55. The highest BCUT2D eigenvalue weighted by Crippen LogP contribution is 2.56. The van der Waals surface area contributed by atoms with Crippen molar-refractivity contribution in [2.75, 3.05) is 0 Å². The van der Waals surface area contributed by atoms with Gasteiger partial charge in [0.1, 0.15) is 0 Å². The van der Waals surface area contributed by atoms with Gasteiger partial charge in [0.05, 0.1) is 0 Å². The predicted molar refractivity (Wildman–Crippen MR) is 252 cm³/mol. The molecule has 0 heterocycles. The summed E-state index contributed by atoms with van der Waals surface area (Å²) in [5.41, 5.74) is 27.9. The van der Waals surface area contributed by atoms with Crippen LogP contribution in [0.4, 0.5) is 0 Å². The van der Waals surface area contributed by atoms with E-state index in [9.17, 15) is 0 Å². The first-order valence-electron chi connectivity index (χ1n) is 20.9. The van der Waals surface area contributed by atoms with Crippen LogP contribution in [-0.4, -0.2) is 0 Å². The Morgan fingerprint density at radius 3 is 1.07 bits per heavy atom. The largest absolute Gasteiger partial charge is 0.0616 e. The standard InChI is InChI=1S/C57H58/c1-30(2)43-19-20-46-48(29-43)52(47-28-35(7)34(6)27-36(47)8)56-53(49-37(9)21-31(3)22-38(49)10)44-17-15-16-18-45(44)54(50-39(11)23-32(4)24-40(50)12)57(56)55(46)51-41(13)25-33(5)26-42(51)14/h15-30H,1-14H3. The molecule has 57 heavy (non-hydrogen) atoms. The lowest BCUT2D eigenvalue weighted by Gasteiger charge is -2.29. The van der Waals surface area contributed by atoms with Crippen LogP contribution < -0.4 is 0 Å². The van der Waals surface area contributed by atoms with Crippen LogP contribution in [0.25, 0.3) is 76.8 Å². The average Bonchev–Trinajstić information content (AvgIpc) is 3.12. The number of rotatable bonds is 5. The topological polar surface area (TPSA) is 0 Å². The molecule has 0 unspecified atom stereocenters. The van der Waals surface area contributed by atoms with Crippen molar-refractivity contribution in [1.82, 2.24) is 0 Å². The highest BCUT2D eigenvalue weighted by molar-refractivity contribution is 6.34. The van der Waals surface area contributed by atoms with Gasteiger partial charge >= 0.3 is 0 Å². The van der Waals surface area contributed by atoms with Gasteiger partial charge in [-0.05, 0) is 221 Å². The van der Waals surface area contributed by atoms with Gasteiger partial charge in [-0.1, -0.05) is 122 Å². The second-order valence-electron chi connectivity index (χ2n) is 17.8. The molecule has 0 spiro atoms. The van der Waals surface area contributed by atoms with E-state index in [4.69, 9.17) is 0 Å². The second-order valence-corrected chi connectivity index (χ2v) is 17.8. The maximum absolute atomic E-state index is 2.54. The first kappa shape index (κ1) is 38.4. The molecule has 0 N–H and O–H groups in total. The third-order valence-corrected chi connectivity index (χ3v) is 12.9. The number of aryl methyl sites for hydroxylation is 12. The van der Waals surface area contributed by atoms with Gasteiger partial charge in [-0.25, -0.2) is 0 Å². The van der Waals surface area contributed by atoms with Gasteiger partial charge in [0, 0.05) is 0 Å². The van der Waals surface area contributed by atoms with Gasteiger partial charge in [-0.3, -0.25) is 0 Å². The molecule has 0 bridgehead atoms. The maximum atomic E-state index is 2.54. The molecule has 0 aromatic heterocycles. The molecule has 0 saturated carbocycles. The summed E-state index contributed by atoms with van der Waals surface area (Å²) >= 11 is 0. The summed E-state index contributed by atoms with van der Waals surface area (Å²) < 4.78 is 0. The fourth-order valence-corrected chi connectivity index (χ4v) is 10.6. The van der Waals surface area contributed by atoms with Crippen molar-refractivity contribution in [1.29, 1.82) is 0 Å². The van der Waals surface area contributed by atoms with Crippen molar-refractivity contribution in [3.8, 4) is 44.5 Å². The van der Waals surface area contributed by atoms with Crippen molar-refractivity contribution in [3.63, 3.8) is 0 Å². The monoisotopic (exact) mass is 742 g/mol. The van der Waals surface area contributed by atoms with E-state index < -0.39 is 0 Å². The van der Waals surface area contributed by atoms with Crippen molar-refractivity contribution in [2.45, 2.75) is 103 Å². The average molecular weight is 743 g/mol. The molecule has 8 rings (SSSR count). The molecular weight excluding hydrogens is 685 g/mol. The first-order chi connectivity index (χ1) is 27.1. The van der Waals surface area contributed by atoms with E-state index in [1.807, 2.05) is 0 Å². The molecule has 0 aliphatic heterocycles. The van der Waals surface area contributed by atoms with E-state index in [0.29, 0.717) is 5.92 Å². The molecule has 0 aliphatic rings. The Hall–Kier alpha value is -5.46. The van der Waals surface area contributed by atoms with Crippen molar-refractivity contribution in [2.24, 2.45) is 0 Å². The van der Waals surface area contributed by atoms with Crippen LogP contribution in [0.15, 0.2) is 91.0 Å². The van der Waals surface area contributed by atoms with Gasteiger partial charge < -0.3 is 0 Å². The summed E-state index contributed by atoms with van der Waals surface area (Å²) in [5.74, 6) is 0.385. The Morgan fingerprint density at radius 2 is 0.667 bits per heavy atom. The number of fused-ring (bicyclic) bond motifs is 3. The van der Waals surface area contributed by atoms with Crippen LogP contribution in [0.3, 0.4) is 0 Å². The summed E-state index contributed by atoms with van der Waals surface area (Å²) in [6.07, 6.45) is 0. The Bertz CT molecular complexity index is 2910. The summed E-state index contributed by atoms with van der Waals surface area (Å²) in [5, 5.41) is 7.96. The molecule has 0 heteroatoms. The number of benzene rings is 8. The van der Waals surface area contributed by atoms with Crippen LogP contribution in [0, 0.1) is 83.1 Å². The van der Waals surface area contributed by atoms with Gasteiger partial charge in [-0.2, -0.15) is 0 Å². The fourth-order valence-electron chi connectivity index (χ4n) is 10.6. The number of hydrogen-bond acceptors (Lipinski definition) is 0. The molecular formula is C57H58. The van der Waals surface area contributed by atoms with Crippen LogP contribution >= 0.6 is 0 Å². The van der Waals surface area contributed by atoms with Crippen molar-refractivity contribution >= 4 is 32.3 Å². The molecule has 0 aliphatic carbocycles. The van der Waals surface area contributed by atoms with E-state index >= 15 is 0 Å². The smallest absolute Gasteiger partial charge is 0.0000982 e. The zero-order valence-corrected chi connectivity index (χ0v) is 36.7. The van der Waals surface area contributed by atoms with Gasteiger partial charge in [0.2, 0.25) is 0 Å². The molecule has 286 valence electrons. The molecule has 8 aromatic carbocycles. The van der Waals surface area contributed by atoms with E-state index in [1.165, 1.54) is 149 Å². The fraction of sp³-hybridized carbons (Fsp3) is 0.263. The predicted octanol–water partition coefficient (Wildman–Crippen LogP) is 16.6. The van der Waals surface area contributed by atoms with Crippen LogP contribution in [0.2, 0.25) is 0 Å². The summed E-state index contributed by atoms with van der Waals surface area (Å²) in [6, 6.07) is 35.9.